The Morgan fingerprint density at radius 1 is 1.05 bits per heavy atom. The first-order valence-electron chi connectivity index (χ1n) is 7.22. The van der Waals surface area contributed by atoms with Crippen LogP contribution in [0.1, 0.15) is 36.0 Å². The highest BCUT2D eigenvalue weighted by atomic mass is 35.5. The van der Waals surface area contributed by atoms with Crippen molar-refractivity contribution in [1.29, 1.82) is 0 Å². The van der Waals surface area contributed by atoms with Gasteiger partial charge in [0, 0.05) is 23.7 Å². The number of carbonyl (C=O) groups is 1. The number of nitrogens with zero attached hydrogens (tertiary/aromatic N) is 1. The molecule has 0 unspecified atom stereocenters. The Hall–Kier alpha value is -0.860. The van der Waals surface area contributed by atoms with E-state index in [1.807, 2.05) is 12.1 Å². The summed E-state index contributed by atoms with van der Waals surface area (Å²) < 4.78 is 0. The number of rotatable bonds is 7. The van der Waals surface area contributed by atoms with Crippen LogP contribution in [0.4, 0.5) is 0 Å². The van der Waals surface area contributed by atoms with Crippen LogP contribution in [0.3, 0.4) is 0 Å². The van der Waals surface area contributed by atoms with Gasteiger partial charge < -0.3 is 0 Å². The summed E-state index contributed by atoms with van der Waals surface area (Å²) in [7, 11) is 0. The van der Waals surface area contributed by atoms with Crippen molar-refractivity contribution in [3.8, 4) is 0 Å². The number of halogens is 1. The Balaban J connectivity index is 1.59. The number of ketones is 1. The average molecular weight is 278 g/mol. The summed E-state index contributed by atoms with van der Waals surface area (Å²) in [6.07, 6.45) is 5.37. The molecule has 0 aromatic heterocycles. The van der Waals surface area contributed by atoms with Crippen LogP contribution in [0, 0.1) is 11.8 Å². The van der Waals surface area contributed by atoms with Crippen LogP contribution in [-0.2, 0) is 0 Å². The monoisotopic (exact) mass is 277 g/mol. The molecular formula is C16H20ClNO. The lowest BCUT2D eigenvalue weighted by molar-refractivity contribution is 0.0924. The van der Waals surface area contributed by atoms with Crippen molar-refractivity contribution in [2.45, 2.75) is 25.7 Å². The van der Waals surface area contributed by atoms with E-state index < -0.39 is 0 Å². The van der Waals surface area contributed by atoms with Crippen LogP contribution in [0.25, 0.3) is 0 Å². The van der Waals surface area contributed by atoms with E-state index in [2.05, 4.69) is 4.90 Å². The molecule has 0 N–H and O–H groups in total. The van der Waals surface area contributed by atoms with E-state index in [0.29, 0.717) is 11.6 Å². The summed E-state index contributed by atoms with van der Waals surface area (Å²) in [6, 6.07) is 7.25. The minimum Gasteiger partial charge on any atom is -0.295 e. The fourth-order valence-electron chi connectivity index (χ4n) is 2.46. The number of carbonyl (C=O) groups excluding carboxylic acids is 1. The van der Waals surface area contributed by atoms with Crippen LogP contribution in [0.2, 0.25) is 5.02 Å². The van der Waals surface area contributed by atoms with Gasteiger partial charge in [-0.15, -0.1) is 0 Å². The molecule has 102 valence electrons. The Morgan fingerprint density at radius 3 is 2.05 bits per heavy atom. The minimum atomic E-state index is 0.220. The second kappa shape index (κ2) is 5.64. The largest absolute Gasteiger partial charge is 0.295 e. The maximum absolute atomic E-state index is 12.3. The van der Waals surface area contributed by atoms with Crippen LogP contribution in [0.5, 0.6) is 0 Å². The van der Waals surface area contributed by atoms with Gasteiger partial charge in [0.15, 0.2) is 5.78 Å². The molecule has 0 aliphatic heterocycles. The molecule has 0 saturated heterocycles. The van der Waals surface area contributed by atoms with Crippen molar-refractivity contribution in [3.63, 3.8) is 0 Å². The summed E-state index contributed by atoms with van der Waals surface area (Å²) in [5.74, 6) is 1.91. The van der Waals surface area contributed by atoms with Gasteiger partial charge in [0.25, 0.3) is 0 Å². The molecule has 0 spiro atoms. The molecule has 2 fully saturated rings. The van der Waals surface area contributed by atoms with Crippen molar-refractivity contribution in [2.75, 3.05) is 19.6 Å². The van der Waals surface area contributed by atoms with Crippen LogP contribution in [-0.4, -0.2) is 30.3 Å². The molecule has 0 bridgehead atoms. The van der Waals surface area contributed by atoms with Crippen molar-refractivity contribution >= 4 is 17.4 Å². The lowest BCUT2D eigenvalue weighted by Crippen LogP contribution is -2.33. The standard InChI is InChI=1S/C16H20ClNO/c17-15-7-5-14(6-8-15)16(19)11-18(9-12-1-2-12)10-13-3-4-13/h5-8,12-13H,1-4,9-11H2. The van der Waals surface area contributed by atoms with E-state index in [1.165, 1.54) is 25.7 Å². The normalized spacial score (nSPS) is 18.8. The Kier molecular flexibility index (Phi) is 3.90. The van der Waals surface area contributed by atoms with Gasteiger partial charge in [-0.25, -0.2) is 0 Å². The predicted molar refractivity (Wildman–Crippen MR) is 77.7 cm³/mol. The fourth-order valence-corrected chi connectivity index (χ4v) is 2.59. The van der Waals surface area contributed by atoms with E-state index in [1.54, 1.807) is 12.1 Å². The molecule has 2 aliphatic rings. The lowest BCUT2D eigenvalue weighted by atomic mass is 10.1. The summed E-state index contributed by atoms with van der Waals surface area (Å²) >= 11 is 5.85. The zero-order chi connectivity index (χ0) is 13.2. The highest BCUT2D eigenvalue weighted by Crippen LogP contribution is 2.33. The van der Waals surface area contributed by atoms with Crippen molar-refractivity contribution in [2.24, 2.45) is 11.8 Å². The Labute approximate surface area is 119 Å². The first kappa shape index (κ1) is 13.1. The Morgan fingerprint density at radius 2 is 1.58 bits per heavy atom. The number of hydrogen-bond acceptors (Lipinski definition) is 2. The quantitative estimate of drug-likeness (QED) is 0.709. The summed E-state index contributed by atoms with van der Waals surface area (Å²) in [5.41, 5.74) is 0.779. The summed E-state index contributed by atoms with van der Waals surface area (Å²) in [5, 5.41) is 0.685. The molecular weight excluding hydrogens is 258 g/mol. The van der Waals surface area contributed by atoms with Crippen LogP contribution >= 0.6 is 11.6 Å². The topological polar surface area (TPSA) is 20.3 Å². The molecule has 2 aliphatic carbocycles. The maximum Gasteiger partial charge on any atom is 0.176 e. The van der Waals surface area contributed by atoms with Gasteiger partial charge in [0.1, 0.15) is 0 Å². The zero-order valence-electron chi connectivity index (χ0n) is 11.1. The minimum absolute atomic E-state index is 0.220. The van der Waals surface area contributed by atoms with Gasteiger partial charge in [-0.3, -0.25) is 9.69 Å². The van der Waals surface area contributed by atoms with Gasteiger partial charge in [-0.05, 0) is 61.8 Å². The van der Waals surface area contributed by atoms with E-state index in [-0.39, 0.29) is 5.78 Å². The molecule has 3 rings (SSSR count). The molecule has 2 nitrogen and oxygen atoms in total. The second-order valence-corrected chi connectivity index (χ2v) is 6.45. The van der Waals surface area contributed by atoms with E-state index in [9.17, 15) is 4.79 Å². The van der Waals surface area contributed by atoms with E-state index in [4.69, 9.17) is 11.6 Å². The smallest absolute Gasteiger partial charge is 0.176 e. The fraction of sp³-hybridized carbons (Fsp3) is 0.562. The molecule has 0 atom stereocenters. The van der Waals surface area contributed by atoms with Crippen LogP contribution in [0.15, 0.2) is 24.3 Å². The van der Waals surface area contributed by atoms with Crippen molar-refractivity contribution in [1.82, 2.24) is 4.90 Å². The predicted octanol–water partition coefficient (Wildman–Crippen LogP) is 3.64. The SMILES string of the molecule is O=C(CN(CC1CC1)CC1CC1)c1ccc(Cl)cc1. The molecule has 3 heteroatoms. The molecule has 0 radical (unpaired) electrons. The third-order valence-corrected chi connectivity index (χ3v) is 4.21. The number of benzene rings is 1. The van der Waals surface area contributed by atoms with Gasteiger partial charge in [-0.2, -0.15) is 0 Å². The van der Waals surface area contributed by atoms with Crippen molar-refractivity contribution < 1.29 is 4.79 Å². The molecule has 1 aromatic rings. The molecule has 19 heavy (non-hydrogen) atoms. The first-order valence-corrected chi connectivity index (χ1v) is 7.59. The van der Waals surface area contributed by atoms with Crippen LogP contribution < -0.4 is 0 Å². The van der Waals surface area contributed by atoms with Gasteiger partial charge in [-0.1, -0.05) is 11.6 Å². The van der Waals surface area contributed by atoms with E-state index in [0.717, 1.165) is 30.5 Å². The average Bonchev–Trinajstić information content (AvgIpc) is 3.26. The lowest BCUT2D eigenvalue weighted by Gasteiger charge is -2.21. The summed E-state index contributed by atoms with van der Waals surface area (Å²) in [4.78, 5) is 14.7. The van der Waals surface area contributed by atoms with Gasteiger partial charge >= 0.3 is 0 Å². The maximum atomic E-state index is 12.3. The molecule has 0 heterocycles. The second-order valence-electron chi connectivity index (χ2n) is 6.01. The molecule has 0 amide bonds. The Bertz CT molecular complexity index is 434. The molecule has 2 saturated carbocycles. The van der Waals surface area contributed by atoms with E-state index >= 15 is 0 Å². The number of Topliss-reactive ketones (excluding diaryl/α,β-unsaturated/α-hetero) is 1. The van der Waals surface area contributed by atoms with Crippen molar-refractivity contribution in [3.05, 3.63) is 34.9 Å². The highest BCUT2D eigenvalue weighted by Gasteiger charge is 2.30. The summed E-state index contributed by atoms with van der Waals surface area (Å²) in [6.45, 7) is 2.78. The number of hydrogen-bond donors (Lipinski definition) is 0. The zero-order valence-corrected chi connectivity index (χ0v) is 11.9. The third-order valence-electron chi connectivity index (χ3n) is 3.96. The third kappa shape index (κ3) is 4.05. The van der Waals surface area contributed by atoms with Gasteiger partial charge in [0.05, 0.1) is 6.54 Å². The first-order chi connectivity index (χ1) is 9.20. The highest BCUT2D eigenvalue weighted by molar-refractivity contribution is 6.30. The van der Waals surface area contributed by atoms with Gasteiger partial charge in [0.2, 0.25) is 0 Å². The molecule has 1 aromatic carbocycles.